The van der Waals surface area contributed by atoms with Gasteiger partial charge in [-0.2, -0.15) is 0 Å². The number of hydrogen-bond acceptors (Lipinski definition) is 3. The second-order valence-corrected chi connectivity index (χ2v) is 5.04. The van der Waals surface area contributed by atoms with Crippen LogP contribution in [0.2, 0.25) is 0 Å². The fourth-order valence-corrected chi connectivity index (χ4v) is 2.71. The Morgan fingerprint density at radius 2 is 2.46 bits per heavy atom. The van der Waals surface area contributed by atoms with Gasteiger partial charge < -0.3 is 5.32 Å². The predicted molar refractivity (Wildman–Crippen MR) is 56.4 cm³/mol. The van der Waals surface area contributed by atoms with Crippen molar-refractivity contribution in [1.82, 2.24) is 10.3 Å². The van der Waals surface area contributed by atoms with E-state index in [-0.39, 0.29) is 0 Å². The minimum atomic E-state index is 0.577. The van der Waals surface area contributed by atoms with Crippen molar-refractivity contribution in [2.24, 2.45) is 0 Å². The molecule has 0 bridgehead atoms. The molecule has 1 aromatic heterocycles. The van der Waals surface area contributed by atoms with Gasteiger partial charge in [0.05, 0.1) is 5.01 Å². The summed E-state index contributed by atoms with van der Waals surface area (Å²) in [5, 5.41) is 4.67. The summed E-state index contributed by atoms with van der Waals surface area (Å²) in [5.74, 6) is 1.30. The summed E-state index contributed by atoms with van der Waals surface area (Å²) >= 11 is 1.89. The lowest BCUT2D eigenvalue weighted by Gasteiger charge is -2.02. The van der Waals surface area contributed by atoms with E-state index in [0.29, 0.717) is 5.92 Å². The summed E-state index contributed by atoms with van der Waals surface area (Å²) in [6, 6.07) is 0. The molecule has 1 fully saturated rings. The summed E-state index contributed by atoms with van der Waals surface area (Å²) in [7, 11) is 0. The maximum absolute atomic E-state index is 4.45. The molecular weight excluding hydrogens is 180 g/mol. The molecule has 0 amide bonds. The predicted octanol–water partition coefficient (Wildman–Crippen LogP) is 2.34. The third-order valence-corrected chi connectivity index (χ3v) is 3.96. The molecule has 0 radical (unpaired) electrons. The lowest BCUT2D eigenvalue weighted by molar-refractivity contribution is 0.776. The van der Waals surface area contributed by atoms with Crippen molar-refractivity contribution in [1.29, 1.82) is 0 Å². The van der Waals surface area contributed by atoms with Crippen LogP contribution in [0.5, 0.6) is 0 Å². The number of nitrogens with one attached hydrogen (secondary N) is 1. The lowest BCUT2D eigenvalue weighted by Crippen LogP contribution is -2.07. The molecule has 2 nitrogen and oxygen atoms in total. The Morgan fingerprint density at radius 1 is 1.62 bits per heavy atom. The molecule has 2 rings (SSSR count). The lowest BCUT2D eigenvalue weighted by atomic mass is 10.1. The van der Waals surface area contributed by atoms with Gasteiger partial charge in [-0.05, 0) is 13.0 Å². The molecule has 1 aliphatic heterocycles. The SMILES string of the molecule is CC(C)c1ncc(C2CCNC2)s1. The summed E-state index contributed by atoms with van der Waals surface area (Å²) < 4.78 is 0. The molecule has 1 atom stereocenters. The van der Waals surface area contributed by atoms with Crippen LogP contribution in [0.25, 0.3) is 0 Å². The van der Waals surface area contributed by atoms with Crippen LogP contribution in [-0.4, -0.2) is 18.1 Å². The summed E-state index contributed by atoms with van der Waals surface area (Å²) in [6.07, 6.45) is 3.34. The van der Waals surface area contributed by atoms with Gasteiger partial charge in [0.1, 0.15) is 0 Å². The van der Waals surface area contributed by atoms with Gasteiger partial charge >= 0.3 is 0 Å². The minimum Gasteiger partial charge on any atom is -0.316 e. The van der Waals surface area contributed by atoms with Crippen LogP contribution < -0.4 is 5.32 Å². The van der Waals surface area contributed by atoms with Gasteiger partial charge in [-0.3, -0.25) is 0 Å². The standard InChI is InChI=1S/C10H16N2S/c1-7(2)10-12-6-9(13-10)8-3-4-11-5-8/h6-8,11H,3-5H2,1-2H3. The maximum atomic E-state index is 4.45. The zero-order chi connectivity index (χ0) is 9.26. The average Bonchev–Trinajstić information content (AvgIpc) is 2.75. The Morgan fingerprint density at radius 3 is 3.00 bits per heavy atom. The van der Waals surface area contributed by atoms with Gasteiger partial charge in [0, 0.05) is 29.5 Å². The smallest absolute Gasteiger partial charge is 0.0953 e. The molecule has 2 heterocycles. The Hall–Kier alpha value is -0.410. The second-order valence-electron chi connectivity index (χ2n) is 3.95. The Bertz CT molecular complexity index is 274. The van der Waals surface area contributed by atoms with Crippen LogP contribution in [0.3, 0.4) is 0 Å². The summed E-state index contributed by atoms with van der Waals surface area (Å²) in [6.45, 7) is 6.71. The van der Waals surface area contributed by atoms with Crippen LogP contribution in [0, 0.1) is 0 Å². The van der Waals surface area contributed by atoms with E-state index in [1.165, 1.54) is 22.9 Å². The van der Waals surface area contributed by atoms with Gasteiger partial charge in [-0.1, -0.05) is 13.8 Å². The molecule has 1 saturated heterocycles. The molecule has 0 aliphatic carbocycles. The van der Waals surface area contributed by atoms with Crippen molar-refractivity contribution in [3.8, 4) is 0 Å². The van der Waals surface area contributed by atoms with Gasteiger partial charge in [0.25, 0.3) is 0 Å². The third-order valence-electron chi connectivity index (χ3n) is 2.50. The van der Waals surface area contributed by atoms with Crippen molar-refractivity contribution >= 4 is 11.3 Å². The van der Waals surface area contributed by atoms with Crippen LogP contribution in [0.15, 0.2) is 6.20 Å². The fourth-order valence-electron chi connectivity index (χ4n) is 1.65. The van der Waals surface area contributed by atoms with Gasteiger partial charge in [0.2, 0.25) is 0 Å². The number of thiazole rings is 1. The molecule has 1 unspecified atom stereocenters. The normalized spacial score (nSPS) is 22.8. The highest BCUT2D eigenvalue weighted by molar-refractivity contribution is 7.11. The molecule has 13 heavy (non-hydrogen) atoms. The third kappa shape index (κ3) is 1.92. The first-order valence-electron chi connectivity index (χ1n) is 4.93. The van der Waals surface area contributed by atoms with E-state index < -0.39 is 0 Å². The summed E-state index contributed by atoms with van der Waals surface area (Å²) in [5.41, 5.74) is 0. The van der Waals surface area contributed by atoms with Crippen molar-refractivity contribution in [2.75, 3.05) is 13.1 Å². The minimum absolute atomic E-state index is 0.577. The largest absolute Gasteiger partial charge is 0.316 e. The average molecular weight is 196 g/mol. The first-order valence-corrected chi connectivity index (χ1v) is 5.75. The van der Waals surface area contributed by atoms with Crippen LogP contribution in [0.4, 0.5) is 0 Å². The maximum Gasteiger partial charge on any atom is 0.0953 e. The Kier molecular flexibility index (Phi) is 2.65. The zero-order valence-electron chi connectivity index (χ0n) is 8.21. The molecule has 0 spiro atoms. The molecule has 3 heteroatoms. The van der Waals surface area contributed by atoms with Crippen LogP contribution in [0.1, 0.15) is 42.0 Å². The molecule has 1 N–H and O–H groups in total. The molecular formula is C10H16N2S. The van der Waals surface area contributed by atoms with E-state index in [0.717, 1.165) is 12.5 Å². The molecule has 0 saturated carbocycles. The molecule has 1 aliphatic rings. The van der Waals surface area contributed by atoms with Crippen molar-refractivity contribution < 1.29 is 0 Å². The van der Waals surface area contributed by atoms with Gasteiger partial charge in [0.15, 0.2) is 0 Å². The monoisotopic (exact) mass is 196 g/mol. The first-order chi connectivity index (χ1) is 6.27. The number of aromatic nitrogens is 1. The van der Waals surface area contributed by atoms with Gasteiger partial charge in [-0.25, -0.2) is 4.98 Å². The van der Waals surface area contributed by atoms with Crippen molar-refractivity contribution in [3.63, 3.8) is 0 Å². The van der Waals surface area contributed by atoms with Crippen LogP contribution in [-0.2, 0) is 0 Å². The topological polar surface area (TPSA) is 24.9 Å². The van der Waals surface area contributed by atoms with E-state index in [9.17, 15) is 0 Å². The quantitative estimate of drug-likeness (QED) is 0.785. The van der Waals surface area contributed by atoms with Crippen molar-refractivity contribution in [3.05, 3.63) is 16.1 Å². The van der Waals surface area contributed by atoms with Gasteiger partial charge in [-0.15, -0.1) is 11.3 Å². The Balaban J connectivity index is 2.12. The van der Waals surface area contributed by atoms with Crippen molar-refractivity contribution in [2.45, 2.75) is 32.1 Å². The molecule has 0 aromatic carbocycles. The Labute approximate surface area is 83.4 Å². The number of hydrogen-bond donors (Lipinski definition) is 1. The van der Waals surface area contributed by atoms with Crippen LogP contribution >= 0.6 is 11.3 Å². The van der Waals surface area contributed by atoms with E-state index in [4.69, 9.17) is 0 Å². The highest BCUT2D eigenvalue weighted by atomic mass is 32.1. The molecule has 1 aromatic rings. The highest BCUT2D eigenvalue weighted by Crippen LogP contribution is 2.30. The molecule has 72 valence electrons. The van der Waals surface area contributed by atoms with E-state index in [1.54, 1.807) is 0 Å². The second kappa shape index (κ2) is 3.76. The van der Waals surface area contributed by atoms with E-state index in [2.05, 4.69) is 30.3 Å². The first kappa shape index (κ1) is 9.16. The number of nitrogens with zero attached hydrogens (tertiary/aromatic N) is 1. The zero-order valence-corrected chi connectivity index (χ0v) is 9.03. The van der Waals surface area contributed by atoms with E-state index in [1.807, 2.05) is 11.3 Å². The fraction of sp³-hybridized carbons (Fsp3) is 0.700. The number of rotatable bonds is 2. The summed E-state index contributed by atoms with van der Waals surface area (Å²) in [4.78, 5) is 5.92. The van der Waals surface area contributed by atoms with E-state index >= 15 is 0 Å². The highest BCUT2D eigenvalue weighted by Gasteiger charge is 2.19.